The first-order valence-electron chi connectivity index (χ1n) is 4.43. The van der Waals surface area contributed by atoms with Crippen LogP contribution in [0.3, 0.4) is 0 Å². The van der Waals surface area contributed by atoms with E-state index in [4.69, 9.17) is 5.73 Å². The van der Waals surface area contributed by atoms with Gasteiger partial charge in [0.25, 0.3) is 0 Å². The molecule has 1 unspecified atom stereocenters. The van der Waals surface area contributed by atoms with E-state index in [1.807, 2.05) is 0 Å². The SMILES string of the molecule is NCCC1CCCc2snnc21. The Bertz CT molecular complexity index is 259. The first-order valence-corrected chi connectivity index (χ1v) is 5.20. The number of rotatable bonds is 2. The van der Waals surface area contributed by atoms with Gasteiger partial charge in [-0.15, -0.1) is 5.10 Å². The smallest absolute Gasteiger partial charge is 0.0818 e. The summed E-state index contributed by atoms with van der Waals surface area (Å²) in [6.45, 7) is 0.766. The molecule has 1 atom stereocenters. The van der Waals surface area contributed by atoms with E-state index in [-0.39, 0.29) is 0 Å². The minimum absolute atomic E-state index is 0.595. The van der Waals surface area contributed by atoms with E-state index in [0.29, 0.717) is 5.92 Å². The molecule has 66 valence electrons. The van der Waals surface area contributed by atoms with Crippen molar-refractivity contribution >= 4 is 11.5 Å². The number of fused-ring (bicyclic) bond motifs is 1. The van der Waals surface area contributed by atoms with E-state index in [2.05, 4.69) is 9.59 Å². The highest BCUT2D eigenvalue weighted by Crippen LogP contribution is 2.33. The van der Waals surface area contributed by atoms with E-state index in [1.165, 1.54) is 29.8 Å². The normalized spacial score (nSPS) is 22.2. The Labute approximate surface area is 76.1 Å². The first kappa shape index (κ1) is 8.13. The van der Waals surface area contributed by atoms with Crippen molar-refractivity contribution in [3.63, 3.8) is 0 Å². The van der Waals surface area contributed by atoms with Gasteiger partial charge in [0, 0.05) is 10.8 Å². The van der Waals surface area contributed by atoms with Gasteiger partial charge in [-0.05, 0) is 43.8 Å². The Morgan fingerprint density at radius 3 is 3.33 bits per heavy atom. The van der Waals surface area contributed by atoms with Crippen LogP contribution in [0, 0.1) is 0 Å². The van der Waals surface area contributed by atoms with Crippen molar-refractivity contribution in [3.05, 3.63) is 10.6 Å². The second-order valence-corrected chi connectivity index (χ2v) is 4.09. The van der Waals surface area contributed by atoms with Crippen molar-refractivity contribution in [1.29, 1.82) is 0 Å². The summed E-state index contributed by atoms with van der Waals surface area (Å²) in [4.78, 5) is 1.39. The van der Waals surface area contributed by atoms with Crippen LogP contribution in [0.15, 0.2) is 0 Å². The Balaban J connectivity index is 2.19. The molecule has 1 aromatic rings. The zero-order chi connectivity index (χ0) is 8.39. The molecule has 1 heterocycles. The molecule has 0 saturated carbocycles. The standard InChI is InChI=1S/C8H13N3S/c9-5-4-6-2-1-3-7-8(6)10-11-12-7/h6H,1-5,9H2. The summed E-state index contributed by atoms with van der Waals surface area (Å²) in [6, 6.07) is 0. The quantitative estimate of drug-likeness (QED) is 0.752. The van der Waals surface area contributed by atoms with Gasteiger partial charge in [0.2, 0.25) is 0 Å². The molecule has 4 heteroatoms. The highest BCUT2D eigenvalue weighted by molar-refractivity contribution is 7.05. The van der Waals surface area contributed by atoms with E-state index < -0.39 is 0 Å². The van der Waals surface area contributed by atoms with Gasteiger partial charge in [0.1, 0.15) is 0 Å². The topological polar surface area (TPSA) is 51.8 Å². The predicted molar refractivity (Wildman–Crippen MR) is 49.3 cm³/mol. The van der Waals surface area contributed by atoms with Crippen LogP contribution in [-0.2, 0) is 6.42 Å². The maximum atomic E-state index is 5.54. The zero-order valence-corrected chi connectivity index (χ0v) is 7.81. The monoisotopic (exact) mass is 183 g/mol. The Morgan fingerprint density at radius 1 is 1.58 bits per heavy atom. The van der Waals surface area contributed by atoms with Crippen LogP contribution < -0.4 is 5.73 Å². The summed E-state index contributed by atoms with van der Waals surface area (Å²) < 4.78 is 3.99. The van der Waals surface area contributed by atoms with Crippen LogP contribution in [-0.4, -0.2) is 16.1 Å². The second-order valence-electron chi connectivity index (χ2n) is 3.25. The highest BCUT2D eigenvalue weighted by atomic mass is 32.1. The third kappa shape index (κ3) is 1.36. The molecular formula is C8H13N3S. The molecule has 1 aliphatic carbocycles. The number of aryl methyl sites for hydroxylation is 1. The summed E-state index contributed by atoms with van der Waals surface area (Å²) in [5.74, 6) is 0.595. The molecule has 0 aliphatic heterocycles. The Hall–Kier alpha value is -0.480. The molecule has 12 heavy (non-hydrogen) atoms. The van der Waals surface area contributed by atoms with Crippen molar-refractivity contribution in [1.82, 2.24) is 9.59 Å². The molecule has 1 aromatic heterocycles. The molecule has 0 amide bonds. The summed E-state index contributed by atoms with van der Waals surface area (Å²) in [6.07, 6.45) is 4.77. The lowest BCUT2D eigenvalue weighted by Gasteiger charge is -2.18. The highest BCUT2D eigenvalue weighted by Gasteiger charge is 2.22. The van der Waals surface area contributed by atoms with Crippen molar-refractivity contribution in [2.24, 2.45) is 5.73 Å². The van der Waals surface area contributed by atoms with Crippen molar-refractivity contribution in [3.8, 4) is 0 Å². The fourth-order valence-electron chi connectivity index (χ4n) is 1.83. The third-order valence-electron chi connectivity index (χ3n) is 2.44. The van der Waals surface area contributed by atoms with E-state index in [1.54, 1.807) is 11.5 Å². The third-order valence-corrected chi connectivity index (χ3v) is 3.24. The molecule has 2 N–H and O–H groups in total. The summed E-state index contributed by atoms with van der Waals surface area (Å²) in [7, 11) is 0. The Morgan fingerprint density at radius 2 is 2.50 bits per heavy atom. The molecule has 2 rings (SSSR count). The minimum atomic E-state index is 0.595. The fraction of sp³-hybridized carbons (Fsp3) is 0.750. The molecule has 0 spiro atoms. The first-order chi connectivity index (χ1) is 5.92. The minimum Gasteiger partial charge on any atom is -0.330 e. The van der Waals surface area contributed by atoms with Gasteiger partial charge in [-0.25, -0.2) is 0 Å². The van der Waals surface area contributed by atoms with E-state index in [9.17, 15) is 0 Å². The molecule has 0 bridgehead atoms. The van der Waals surface area contributed by atoms with Gasteiger partial charge in [-0.1, -0.05) is 4.49 Å². The largest absolute Gasteiger partial charge is 0.330 e. The number of aromatic nitrogens is 2. The van der Waals surface area contributed by atoms with Crippen LogP contribution >= 0.6 is 11.5 Å². The van der Waals surface area contributed by atoms with Crippen molar-refractivity contribution in [2.75, 3.05) is 6.54 Å². The zero-order valence-electron chi connectivity index (χ0n) is 6.99. The van der Waals surface area contributed by atoms with E-state index in [0.717, 1.165) is 13.0 Å². The van der Waals surface area contributed by atoms with Crippen LogP contribution in [0.1, 0.15) is 35.8 Å². The van der Waals surface area contributed by atoms with Crippen LogP contribution in [0.5, 0.6) is 0 Å². The van der Waals surface area contributed by atoms with Crippen LogP contribution in [0.25, 0.3) is 0 Å². The lowest BCUT2D eigenvalue weighted by atomic mass is 9.89. The van der Waals surface area contributed by atoms with Gasteiger partial charge < -0.3 is 5.73 Å². The van der Waals surface area contributed by atoms with Crippen molar-refractivity contribution < 1.29 is 0 Å². The average molecular weight is 183 g/mol. The molecule has 1 aliphatic rings. The molecule has 0 aromatic carbocycles. The predicted octanol–water partition coefficient (Wildman–Crippen LogP) is 1.31. The van der Waals surface area contributed by atoms with Crippen molar-refractivity contribution in [2.45, 2.75) is 31.6 Å². The van der Waals surface area contributed by atoms with Gasteiger partial charge in [0.05, 0.1) is 5.69 Å². The molecule has 0 fully saturated rings. The molecule has 0 saturated heterocycles. The maximum Gasteiger partial charge on any atom is 0.0818 e. The van der Waals surface area contributed by atoms with Gasteiger partial charge in [-0.2, -0.15) is 0 Å². The molecule has 0 radical (unpaired) electrons. The van der Waals surface area contributed by atoms with Gasteiger partial charge in [-0.3, -0.25) is 0 Å². The lowest BCUT2D eigenvalue weighted by Crippen LogP contribution is -2.13. The summed E-state index contributed by atoms with van der Waals surface area (Å²) in [5.41, 5.74) is 6.77. The number of nitrogens with two attached hydrogens (primary N) is 1. The van der Waals surface area contributed by atoms with Crippen LogP contribution in [0.2, 0.25) is 0 Å². The molecule has 3 nitrogen and oxygen atoms in total. The number of hydrogen-bond donors (Lipinski definition) is 1. The Kier molecular flexibility index (Phi) is 2.37. The van der Waals surface area contributed by atoms with Crippen LogP contribution in [0.4, 0.5) is 0 Å². The maximum absolute atomic E-state index is 5.54. The second kappa shape index (κ2) is 3.49. The van der Waals surface area contributed by atoms with Gasteiger partial charge >= 0.3 is 0 Å². The summed E-state index contributed by atoms with van der Waals surface area (Å²) >= 11 is 1.55. The summed E-state index contributed by atoms with van der Waals surface area (Å²) in [5, 5.41) is 4.17. The van der Waals surface area contributed by atoms with Gasteiger partial charge in [0.15, 0.2) is 0 Å². The van der Waals surface area contributed by atoms with E-state index >= 15 is 0 Å². The fourth-order valence-corrected chi connectivity index (χ4v) is 2.59. The number of nitrogens with zero attached hydrogens (tertiary/aromatic N) is 2. The molecular weight excluding hydrogens is 170 g/mol. The average Bonchev–Trinajstić information content (AvgIpc) is 2.53. The number of hydrogen-bond acceptors (Lipinski definition) is 4. The lowest BCUT2D eigenvalue weighted by molar-refractivity contribution is 0.516.